The van der Waals surface area contributed by atoms with Gasteiger partial charge in [0.15, 0.2) is 0 Å². The number of carbonyl (C=O) groups excluding carboxylic acids is 3. The molecule has 1 saturated heterocycles. The number of aryl methyl sites for hydroxylation is 2. The van der Waals surface area contributed by atoms with Crippen molar-refractivity contribution in [3.8, 4) is 0 Å². The summed E-state index contributed by atoms with van der Waals surface area (Å²) < 4.78 is 9.59. The van der Waals surface area contributed by atoms with Crippen molar-refractivity contribution in [1.82, 2.24) is 15.2 Å². The first-order valence-electron chi connectivity index (χ1n) is 13.3. The highest BCUT2D eigenvalue weighted by atomic mass is 16.5. The van der Waals surface area contributed by atoms with Gasteiger partial charge in [-0.05, 0) is 24.8 Å². The normalized spacial score (nSPS) is 17.5. The monoisotopic (exact) mass is 497 g/mol. The molecule has 1 aromatic carbocycles. The summed E-state index contributed by atoms with van der Waals surface area (Å²) in [5.74, 6) is -1.07. The summed E-state index contributed by atoms with van der Waals surface area (Å²) >= 11 is 0. The van der Waals surface area contributed by atoms with Crippen LogP contribution in [0.15, 0.2) is 49.1 Å². The van der Waals surface area contributed by atoms with Gasteiger partial charge in [0.1, 0.15) is 24.5 Å². The van der Waals surface area contributed by atoms with E-state index in [4.69, 9.17) is 4.74 Å². The van der Waals surface area contributed by atoms with Crippen molar-refractivity contribution in [2.75, 3.05) is 6.61 Å². The second-order valence-electron chi connectivity index (χ2n) is 9.74. The Kier molecular flexibility index (Phi) is 11.5. The van der Waals surface area contributed by atoms with Crippen LogP contribution in [0.5, 0.6) is 0 Å². The molecule has 0 radical (unpaired) electrons. The molecule has 8 nitrogen and oxygen atoms in total. The van der Waals surface area contributed by atoms with Gasteiger partial charge >= 0.3 is 5.97 Å². The highest BCUT2D eigenvalue weighted by Gasteiger charge is 2.35. The van der Waals surface area contributed by atoms with Gasteiger partial charge in [0.05, 0.1) is 26.6 Å². The van der Waals surface area contributed by atoms with E-state index in [1.807, 2.05) is 37.4 Å². The van der Waals surface area contributed by atoms with Gasteiger partial charge in [-0.2, -0.15) is 0 Å². The number of carbonyl (C=O) groups is 3. The molecule has 0 aliphatic carbocycles. The third-order valence-electron chi connectivity index (χ3n) is 6.57. The maximum Gasteiger partial charge on any atom is 0.308 e. The Labute approximate surface area is 214 Å². The molecule has 0 spiro atoms. The lowest BCUT2D eigenvalue weighted by Gasteiger charge is -2.29. The summed E-state index contributed by atoms with van der Waals surface area (Å²) in [6, 6.07) is 8.02. The Morgan fingerprint density at radius 3 is 2.17 bits per heavy atom. The smallest absolute Gasteiger partial charge is 0.308 e. The van der Waals surface area contributed by atoms with E-state index >= 15 is 0 Å². The average molecular weight is 498 g/mol. The molecule has 8 heteroatoms. The van der Waals surface area contributed by atoms with E-state index in [0.717, 1.165) is 31.4 Å². The number of nitrogens with zero attached hydrogens (tertiary/aromatic N) is 2. The van der Waals surface area contributed by atoms with Gasteiger partial charge in [0, 0.05) is 6.42 Å². The Bertz CT molecular complexity index is 959. The van der Waals surface area contributed by atoms with Gasteiger partial charge < -0.3 is 15.4 Å². The fourth-order valence-electron chi connectivity index (χ4n) is 4.49. The minimum absolute atomic E-state index is 0.140. The minimum Gasteiger partial charge on any atom is -0.466 e. The van der Waals surface area contributed by atoms with Crippen molar-refractivity contribution < 1.29 is 23.7 Å². The van der Waals surface area contributed by atoms with Crippen molar-refractivity contribution >= 4 is 17.8 Å². The molecule has 196 valence electrons. The number of hydrogen-bond acceptors (Lipinski definition) is 4. The molecule has 1 fully saturated rings. The van der Waals surface area contributed by atoms with E-state index in [2.05, 4.69) is 38.5 Å². The minimum atomic E-state index is -0.872. The number of ether oxygens (including phenoxy) is 1. The molecule has 2 N–H and O–H groups in total. The third kappa shape index (κ3) is 9.84. The van der Waals surface area contributed by atoms with Crippen LogP contribution in [0.2, 0.25) is 0 Å². The molecule has 2 heterocycles. The topological polar surface area (TPSA) is 93.3 Å². The molecule has 36 heavy (non-hydrogen) atoms. The summed E-state index contributed by atoms with van der Waals surface area (Å²) in [6.45, 7) is 1.45. The van der Waals surface area contributed by atoms with Crippen LogP contribution in [0, 0.1) is 0 Å². The summed E-state index contributed by atoms with van der Waals surface area (Å²) in [5.41, 5.74) is 0.967. The van der Waals surface area contributed by atoms with E-state index < -0.39 is 18.1 Å². The fraction of sp³-hybridized carbons (Fsp3) is 0.571. The van der Waals surface area contributed by atoms with Gasteiger partial charge in [0.25, 0.3) is 0 Å². The predicted molar refractivity (Wildman–Crippen MR) is 137 cm³/mol. The first kappa shape index (κ1) is 27.4. The van der Waals surface area contributed by atoms with Crippen LogP contribution in [0.25, 0.3) is 0 Å². The van der Waals surface area contributed by atoms with Crippen LogP contribution < -0.4 is 15.2 Å². The van der Waals surface area contributed by atoms with Gasteiger partial charge in [-0.15, -0.1) is 0 Å². The Morgan fingerprint density at radius 2 is 1.50 bits per heavy atom. The molecule has 1 aliphatic rings. The number of piperazine rings is 1. The van der Waals surface area contributed by atoms with Crippen LogP contribution in [0.4, 0.5) is 0 Å². The van der Waals surface area contributed by atoms with E-state index in [1.165, 1.54) is 38.5 Å². The second-order valence-corrected chi connectivity index (χ2v) is 9.74. The molecule has 2 amide bonds. The highest BCUT2D eigenvalue weighted by molar-refractivity contribution is 5.98. The number of unbranched alkanes of at least 4 members (excludes halogenated alkanes) is 8. The summed E-state index contributed by atoms with van der Waals surface area (Å²) in [5, 5.41) is 5.40. The Balaban J connectivity index is 1.15. The molecule has 1 aliphatic heterocycles. The van der Waals surface area contributed by atoms with Crippen LogP contribution >= 0.6 is 0 Å². The number of nitrogens with one attached hydrogen (secondary N) is 2. The van der Waals surface area contributed by atoms with Gasteiger partial charge in [-0.3, -0.25) is 14.4 Å². The Morgan fingerprint density at radius 1 is 0.889 bits per heavy atom. The summed E-state index contributed by atoms with van der Waals surface area (Å²) in [4.78, 5) is 36.9. The summed E-state index contributed by atoms with van der Waals surface area (Å²) in [6.07, 6.45) is 17.1. The van der Waals surface area contributed by atoms with Crippen LogP contribution in [0.3, 0.4) is 0 Å². The van der Waals surface area contributed by atoms with Gasteiger partial charge in [0.2, 0.25) is 18.1 Å². The van der Waals surface area contributed by atoms with Crippen molar-refractivity contribution in [1.29, 1.82) is 0 Å². The van der Waals surface area contributed by atoms with Crippen LogP contribution in [-0.4, -0.2) is 41.0 Å². The second kappa shape index (κ2) is 15.1. The number of amides is 2. The zero-order valence-corrected chi connectivity index (χ0v) is 21.5. The maximum atomic E-state index is 12.4. The highest BCUT2D eigenvalue weighted by Crippen LogP contribution is 2.12. The zero-order chi connectivity index (χ0) is 25.6. The molecule has 0 saturated carbocycles. The lowest BCUT2D eigenvalue weighted by molar-refractivity contribution is -0.671. The van der Waals surface area contributed by atoms with Crippen LogP contribution in [-0.2, 0) is 39.1 Å². The lowest BCUT2D eigenvalue weighted by Crippen LogP contribution is -2.62. The molecule has 1 aromatic heterocycles. The standard InChI is InChI=1S/C28H40N4O4/c1-31-17-18-32(22-31)16-12-7-5-3-2-4-6-8-13-19-36-26(33)21-25-28(35)29-24(27(34)30-25)20-23-14-10-9-11-15-23/h9-11,14-15,17-18,22,24-25H,2-8,12-13,16,19-21H2,1H3,(H-,29,30,34,35)/p+1/t24-,25-/m0/s1. The van der Waals surface area contributed by atoms with E-state index in [9.17, 15) is 14.4 Å². The zero-order valence-electron chi connectivity index (χ0n) is 21.5. The van der Waals surface area contributed by atoms with Crippen LogP contribution in [0.1, 0.15) is 69.8 Å². The van der Waals surface area contributed by atoms with E-state index in [0.29, 0.717) is 13.0 Å². The fourth-order valence-corrected chi connectivity index (χ4v) is 4.49. The predicted octanol–water partition coefficient (Wildman–Crippen LogP) is 2.98. The van der Waals surface area contributed by atoms with Crippen molar-refractivity contribution in [2.24, 2.45) is 7.05 Å². The van der Waals surface area contributed by atoms with Crippen molar-refractivity contribution in [3.63, 3.8) is 0 Å². The average Bonchev–Trinajstić information content (AvgIpc) is 3.28. The molecule has 3 rings (SSSR count). The summed E-state index contributed by atoms with van der Waals surface area (Å²) in [7, 11) is 2.04. The third-order valence-corrected chi connectivity index (χ3v) is 6.57. The van der Waals surface area contributed by atoms with Gasteiger partial charge in [-0.25, -0.2) is 9.13 Å². The van der Waals surface area contributed by atoms with E-state index in [1.54, 1.807) is 0 Å². The number of aromatic nitrogens is 2. The molecule has 2 atom stereocenters. The first-order valence-corrected chi connectivity index (χ1v) is 13.3. The number of esters is 1. The largest absolute Gasteiger partial charge is 0.466 e. The number of rotatable bonds is 16. The van der Waals surface area contributed by atoms with Crippen molar-refractivity contribution in [2.45, 2.75) is 89.3 Å². The number of hydrogen-bond donors (Lipinski definition) is 2. The first-order chi connectivity index (χ1) is 17.5. The lowest BCUT2D eigenvalue weighted by atomic mass is 10.0. The van der Waals surface area contributed by atoms with Crippen molar-refractivity contribution in [3.05, 3.63) is 54.6 Å². The number of imidazole rings is 1. The molecule has 0 unspecified atom stereocenters. The van der Waals surface area contributed by atoms with Gasteiger partial charge in [-0.1, -0.05) is 68.9 Å². The number of benzene rings is 1. The molecule has 0 bridgehead atoms. The molecular weight excluding hydrogens is 456 g/mol. The Hall–Kier alpha value is -3.16. The maximum absolute atomic E-state index is 12.4. The van der Waals surface area contributed by atoms with E-state index in [-0.39, 0.29) is 18.2 Å². The quantitative estimate of drug-likeness (QED) is 0.212. The SMILES string of the molecule is C[n+]1ccn(CCCCCCCCCCCOC(=O)C[C@@H]2NC(=O)[C@H](Cc3ccccc3)NC2=O)c1. The molecular formula is C28H41N4O4+. The molecule has 2 aromatic rings.